The molecule has 11 heteroatoms. The standard InChI is InChI=1S/C22H24F3N3O4S/c1-28-13-4-2-3-8-20(28)27-33(30,31)19-7-5-6-17(14-19)26-21(29)16-9-11-18(12-10-16)32-15-22(23,24)25/h5-7,9-12,14H,2-4,8,13,15H2,1H3,(H,26,29). The topological polar surface area (TPSA) is 88.1 Å². The smallest absolute Gasteiger partial charge is 0.422 e. The van der Waals surface area contributed by atoms with Crippen LogP contribution >= 0.6 is 0 Å². The molecule has 0 spiro atoms. The van der Waals surface area contributed by atoms with E-state index >= 15 is 0 Å². The van der Waals surface area contributed by atoms with Gasteiger partial charge in [0.1, 0.15) is 11.6 Å². The highest BCUT2D eigenvalue weighted by Crippen LogP contribution is 2.22. The van der Waals surface area contributed by atoms with Crippen LogP contribution in [0.1, 0.15) is 36.0 Å². The lowest BCUT2D eigenvalue weighted by Gasteiger charge is -2.17. The monoisotopic (exact) mass is 483 g/mol. The summed E-state index contributed by atoms with van der Waals surface area (Å²) in [6.07, 6.45) is -1.02. The predicted octanol–water partition coefficient (Wildman–Crippen LogP) is 4.47. The molecule has 0 radical (unpaired) electrons. The largest absolute Gasteiger partial charge is 0.484 e. The van der Waals surface area contributed by atoms with Gasteiger partial charge in [-0.1, -0.05) is 12.5 Å². The molecule has 2 aromatic rings. The SMILES string of the molecule is CN1CCCCCC1=NS(=O)(=O)c1cccc(NC(=O)c2ccc(OCC(F)(F)F)cc2)c1. The molecule has 0 aliphatic carbocycles. The minimum atomic E-state index is -4.46. The van der Waals surface area contributed by atoms with Crippen molar-refractivity contribution in [3.63, 3.8) is 0 Å². The van der Waals surface area contributed by atoms with E-state index in [0.29, 0.717) is 12.3 Å². The fourth-order valence-corrected chi connectivity index (χ4v) is 4.38. The summed E-state index contributed by atoms with van der Waals surface area (Å²) < 4.78 is 71.0. The van der Waals surface area contributed by atoms with Crippen LogP contribution in [0, 0.1) is 0 Å². The van der Waals surface area contributed by atoms with Crippen molar-refractivity contribution < 1.29 is 31.1 Å². The summed E-state index contributed by atoms with van der Waals surface area (Å²) in [5.41, 5.74) is 0.413. The van der Waals surface area contributed by atoms with Crippen LogP contribution in [0.4, 0.5) is 18.9 Å². The number of sulfonamides is 1. The summed E-state index contributed by atoms with van der Waals surface area (Å²) in [5, 5.41) is 2.59. The van der Waals surface area contributed by atoms with Gasteiger partial charge < -0.3 is 15.0 Å². The number of anilines is 1. The third kappa shape index (κ3) is 7.21. The van der Waals surface area contributed by atoms with E-state index in [2.05, 4.69) is 14.5 Å². The van der Waals surface area contributed by atoms with Gasteiger partial charge in [0.25, 0.3) is 15.9 Å². The summed E-state index contributed by atoms with van der Waals surface area (Å²) in [4.78, 5) is 14.3. The van der Waals surface area contributed by atoms with Crippen molar-refractivity contribution in [2.45, 2.75) is 36.8 Å². The number of likely N-dealkylation sites (tertiary alicyclic amines) is 1. The molecule has 1 N–H and O–H groups in total. The van der Waals surface area contributed by atoms with Gasteiger partial charge in [0.2, 0.25) is 0 Å². The molecule has 1 saturated heterocycles. The number of hydrogen-bond donors (Lipinski definition) is 1. The number of carbonyl (C=O) groups is 1. The van der Waals surface area contributed by atoms with E-state index in [4.69, 9.17) is 0 Å². The third-order valence-electron chi connectivity index (χ3n) is 4.97. The van der Waals surface area contributed by atoms with Crippen LogP contribution in [-0.2, 0) is 10.0 Å². The molecular weight excluding hydrogens is 459 g/mol. The summed E-state index contributed by atoms with van der Waals surface area (Å²) in [7, 11) is -2.15. The van der Waals surface area contributed by atoms with Gasteiger partial charge in [-0.3, -0.25) is 4.79 Å². The zero-order chi connectivity index (χ0) is 24.1. The third-order valence-corrected chi connectivity index (χ3v) is 6.27. The second-order valence-electron chi connectivity index (χ2n) is 7.62. The first-order valence-electron chi connectivity index (χ1n) is 10.3. The molecule has 1 aliphatic rings. The van der Waals surface area contributed by atoms with Crippen LogP contribution in [0.3, 0.4) is 0 Å². The first-order chi connectivity index (χ1) is 15.5. The number of alkyl halides is 3. The molecule has 0 saturated carbocycles. The molecule has 0 atom stereocenters. The van der Waals surface area contributed by atoms with Crippen molar-refractivity contribution in [3.8, 4) is 5.75 Å². The quantitative estimate of drug-likeness (QED) is 0.655. The van der Waals surface area contributed by atoms with Gasteiger partial charge in [0.05, 0.1) is 4.90 Å². The lowest BCUT2D eigenvalue weighted by atomic mass is 10.2. The molecule has 1 fully saturated rings. The van der Waals surface area contributed by atoms with Gasteiger partial charge in [-0.15, -0.1) is 4.40 Å². The average molecular weight is 484 g/mol. The first-order valence-corrected chi connectivity index (χ1v) is 11.7. The Labute approximate surface area is 190 Å². The zero-order valence-electron chi connectivity index (χ0n) is 17.9. The van der Waals surface area contributed by atoms with E-state index < -0.39 is 28.7 Å². The normalized spacial score (nSPS) is 16.4. The highest BCUT2D eigenvalue weighted by molar-refractivity contribution is 7.90. The molecular formula is C22H24F3N3O4S. The summed E-state index contributed by atoms with van der Waals surface area (Å²) in [6.45, 7) is -0.690. The molecule has 178 valence electrons. The van der Waals surface area contributed by atoms with Gasteiger partial charge in [0.15, 0.2) is 6.61 Å². The van der Waals surface area contributed by atoms with E-state index in [-0.39, 0.29) is 21.9 Å². The molecule has 0 aromatic heterocycles. The fraction of sp³-hybridized carbons (Fsp3) is 0.364. The molecule has 1 aliphatic heterocycles. The van der Waals surface area contributed by atoms with Gasteiger partial charge >= 0.3 is 6.18 Å². The molecule has 7 nitrogen and oxygen atoms in total. The second-order valence-corrected chi connectivity index (χ2v) is 9.23. The second kappa shape index (κ2) is 10.2. The van der Waals surface area contributed by atoms with Crippen molar-refractivity contribution in [3.05, 3.63) is 54.1 Å². The Bertz CT molecular complexity index is 1120. The van der Waals surface area contributed by atoms with E-state index in [1.807, 2.05) is 11.9 Å². The Balaban J connectivity index is 1.71. The number of amides is 1. The molecule has 1 heterocycles. The number of ether oxygens (including phenoxy) is 1. The van der Waals surface area contributed by atoms with Crippen molar-refractivity contribution in [1.29, 1.82) is 0 Å². The van der Waals surface area contributed by atoms with E-state index in [1.54, 1.807) is 0 Å². The van der Waals surface area contributed by atoms with Crippen molar-refractivity contribution in [1.82, 2.24) is 4.90 Å². The summed E-state index contributed by atoms with van der Waals surface area (Å²) in [5.74, 6) is -0.0731. The first kappa shape index (κ1) is 24.6. The zero-order valence-corrected chi connectivity index (χ0v) is 18.7. The van der Waals surface area contributed by atoms with Gasteiger partial charge in [0, 0.05) is 31.3 Å². The van der Waals surface area contributed by atoms with E-state index in [0.717, 1.165) is 25.8 Å². The highest BCUT2D eigenvalue weighted by atomic mass is 32.2. The maximum atomic E-state index is 12.8. The number of rotatable bonds is 6. The minimum Gasteiger partial charge on any atom is -0.484 e. The lowest BCUT2D eigenvalue weighted by Crippen LogP contribution is -2.26. The Kier molecular flexibility index (Phi) is 7.62. The van der Waals surface area contributed by atoms with Crippen molar-refractivity contribution in [2.24, 2.45) is 4.40 Å². The number of nitrogens with one attached hydrogen (secondary N) is 1. The average Bonchev–Trinajstić information content (AvgIpc) is 2.96. The Morgan fingerprint density at radius 3 is 2.55 bits per heavy atom. The fourth-order valence-electron chi connectivity index (χ4n) is 3.24. The van der Waals surface area contributed by atoms with Crippen molar-refractivity contribution >= 4 is 27.5 Å². The molecule has 3 rings (SSSR count). The predicted molar refractivity (Wildman–Crippen MR) is 118 cm³/mol. The van der Waals surface area contributed by atoms with Crippen LogP contribution in [0.5, 0.6) is 5.75 Å². The van der Waals surface area contributed by atoms with Crippen LogP contribution in [-0.4, -0.2) is 51.4 Å². The molecule has 0 bridgehead atoms. The number of nitrogens with zero attached hydrogens (tertiary/aromatic N) is 2. The van der Waals surface area contributed by atoms with Crippen LogP contribution < -0.4 is 10.1 Å². The summed E-state index contributed by atoms with van der Waals surface area (Å²) in [6, 6.07) is 10.9. The number of benzene rings is 2. The lowest BCUT2D eigenvalue weighted by molar-refractivity contribution is -0.153. The van der Waals surface area contributed by atoms with Crippen LogP contribution in [0.2, 0.25) is 0 Å². The number of halogens is 3. The Morgan fingerprint density at radius 2 is 1.85 bits per heavy atom. The molecule has 1 amide bonds. The van der Waals surface area contributed by atoms with Crippen LogP contribution in [0.25, 0.3) is 0 Å². The maximum Gasteiger partial charge on any atom is 0.422 e. The minimum absolute atomic E-state index is 0.0282. The number of carbonyl (C=O) groups excluding carboxylic acids is 1. The van der Waals surface area contributed by atoms with E-state index in [1.165, 1.54) is 48.5 Å². The number of amidine groups is 1. The van der Waals surface area contributed by atoms with Crippen LogP contribution in [0.15, 0.2) is 57.8 Å². The van der Waals surface area contributed by atoms with Crippen molar-refractivity contribution in [2.75, 3.05) is 25.5 Å². The number of hydrogen-bond acceptors (Lipinski definition) is 4. The Hall–Kier alpha value is -3.08. The molecule has 2 aromatic carbocycles. The molecule has 33 heavy (non-hydrogen) atoms. The van der Waals surface area contributed by atoms with Gasteiger partial charge in [-0.05, 0) is 55.3 Å². The highest BCUT2D eigenvalue weighted by Gasteiger charge is 2.28. The maximum absolute atomic E-state index is 12.8. The summed E-state index contributed by atoms with van der Waals surface area (Å²) >= 11 is 0. The molecule has 0 unspecified atom stereocenters. The van der Waals surface area contributed by atoms with E-state index in [9.17, 15) is 26.4 Å². The van der Waals surface area contributed by atoms with Gasteiger partial charge in [-0.25, -0.2) is 0 Å². The van der Waals surface area contributed by atoms with Gasteiger partial charge in [-0.2, -0.15) is 21.6 Å². The Morgan fingerprint density at radius 1 is 1.12 bits per heavy atom.